The highest BCUT2D eigenvalue weighted by Gasteiger charge is 2.43. The Morgan fingerprint density at radius 2 is 1.82 bits per heavy atom. The fourth-order valence-electron chi connectivity index (χ4n) is 3.72. The van der Waals surface area contributed by atoms with Gasteiger partial charge < -0.3 is 13.9 Å². The topological polar surface area (TPSA) is 79.4 Å². The molecule has 0 unspecified atom stereocenters. The maximum atomic E-state index is 13.5. The normalized spacial score (nSPS) is 14.0. The highest BCUT2D eigenvalue weighted by atomic mass is 79.9. The zero-order chi connectivity index (χ0) is 23.5. The van der Waals surface area contributed by atoms with Crippen LogP contribution in [0.5, 0.6) is 11.5 Å². The molecule has 0 spiro atoms. The Morgan fingerprint density at radius 3 is 2.55 bits per heavy atom. The molecule has 0 N–H and O–H groups in total. The van der Waals surface area contributed by atoms with Gasteiger partial charge in [-0.1, -0.05) is 22.0 Å². The van der Waals surface area contributed by atoms with Crippen molar-refractivity contribution >= 4 is 21.7 Å². The first-order valence-corrected chi connectivity index (χ1v) is 10.6. The fourth-order valence-corrected chi connectivity index (χ4v) is 4.08. The summed E-state index contributed by atoms with van der Waals surface area (Å²) in [6.07, 6.45) is -3.71. The van der Waals surface area contributed by atoms with Gasteiger partial charge in [-0.2, -0.15) is 5.10 Å². The minimum Gasteiger partial charge on any atom is -0.440 e. The first-order chi connectivity index (χ1) is 15.6. The first-order valence-electron chi connectivity index (χ1n) is 9.84. The van der Waals surface area contributed by atoms with E-state index in [-0.39, 0.29) is 17.3 Å². The van der Waals surface area contributed by atoms with Crippen LogP contribution < -0.4 is 9.47 Å². The highest BCUT2D eigenvalue weighted by Crippen LogP contribution is 2.45. The molecular formula is C23H16BrF2N3O4. The standard InChI is InChI=1S/C23H16BrF2N3O4/c1-11(30)17-10-18(29(3)28-17)15-6-5-14(24)9-16(15)22-21(27-12(2)31-22)13-4-7-19-20(8-13)33-23(25,26)32-19/h4-10H,1-3H3. The summed E-state index contributed by atoms with van der Waals surface area (Å²) in [5.74, 6) is 0.531. The van der Waals surface area contributed by atoms with E-state index in [1.807, 2.05) is 18.2 Å². The molecular weight excluding hydrogens is 500 g/mol. The van der Waals surface area contributed by atoms with Gasteiger partial charge >= 0.3 is 6.29 Å². The maximum absolute atomic E-state index is 13.5. The van der Waals surface area contributed by atoms with E-state index >= 15 is 0 Å². The zero-order valence-corrected chi connectivity index (χ0v) is 19.2. The Balaban J connectivity index is 1.68. The number of halogens is 3. The van der Waals surface area contributed by atoms with E-state index in [1.165, 1.54) is 19.1 Å². The second kappa shape index (κ2) is 7.51. The molecule has 2 aromatic carbocycles. The van der Waals surface area contributed by atoms with E-state index in [9.17, 15) is 13.6 Å². The summed E-state index contributed by atoms with van der Waals surface area (Å²) >= 11 is 3.50. The summed E-state index contributed by atoms with van der Waals surface area (Å²) in [4.78, 5) is 16.3. The van der Waals surface area contributed by atoms with Crippen molar-refractivity contribution in [2.45, 2.75) is 20.1 Å². The van der Waals surface area contributed by atoms with E-state index in [2.05, 4.69) is 35.5 Å². The van der Waals surface area contributed by atoms with Crippen LogP contribution >= 0.6 is 15.9 Å². The molecule has 0 radical (unpaired) electrons. The predicted molar refractivity (Wildman–Crippen MR) is 118 cm³/mol. The van der Waals surface area contributed by atoms with Crippen molar-refractivity contribution in [2.75, 3.05) is 0 Å². The third kappa shape index (κ3) is 3.80. The fraction of sp³-hybridized carbons (Fsp3) is 0.174. The van der Waals surface area contributed by atoms with Gasteiger partial charge in [0.15, 0.2) is 28.9 Å². The van der Waals surface area contributed by atoms with Gasteiger partial charge in [-0.25, -0.2) is 4.98 Å². The molecule has 0 bridgehead atoms. The minimum absolute atomic E-state index is 0.0553. The van der Waals surface area contributed by atoms with E-state index in [4.69, 9.17) is 4.42 Å². The molecule has 1 aliphatic heterocycles. The SMILES string of the molecule is CC(=O)c1cc(-c2ccc(Br)cc2-c2oc(C)nc2-c2ccc3c(c2)OC(F)(F)O3)n(C)n1. The maximum Gasteiger partial charge on any atom is 0.586 e. The number of alkyl halides is 2. The summed E-state index contributed by atoms with van der Waals surface area (Å²) in [6.45, 7) is 3.15. The number of fused-ring (bicyclic) bond motifs is 1. The van der Waals surface area contributed by atoms with Gasteiger partial charge in [0.05, 0.1) is 5.69 Å². The lowest BCUT2D eigenvalue weighted by atomic mass is 9.98. The van der Waals surface area contributed by atoms with Gasteiger partial charge in [0.25, 0.3) is 0 Å². The van der Waals surface area contributed by atoms with Gasteiger partial charge in [0, 0.05) is 42.1 Å². The van der Waals surface area contributed by atoms with Gasteiger partial charge in [0.2, 0.25) is 0 Å². The lowest BCUT2D eigenvalue weighted by molar-refractivity contribution is -0.286. The van der Waals surface area contributed by atoms with Crippen LogP contribution in [0.25, 0.3) is 33.8 Å². The average Bonchev–Trinajstić information content (AvgIpc) is 3.40. The molecule has 4 aromatic rings. The number of hydrogen-bond acceptors (Lipinski definition) is 6. The molecule has 2 aromatic heterocycles. The molecule has 0 saturated heterocycles. The molecule has 1 aliphatic rings. The highest BCUT2D eigenvalue weighted by molar-refractivity contribution is 9.10. The molecule has 0 atom stereocenters. The largest absolute Gasteiger partial charge is 0.586 e. The van der Waals surface area contributed by atoms with Gasteiger partial charge in [-0.05, 0) is 36.4 Å². The van der Waals surface area contributed by atoms with Crippen LogP contribution in [-0.4, -0.2) is 26.8 Å². The summed E-state index contributed by atoms with van der Waals surface area (Å²) in [5, 5.41) is 4.29. The van der Waals surface area contributed by atoms with Crippen LogP contribution in [0.1, 0.15) is 23.3 Å². The number of aryl methyl sites for hydroxylation is 2. The van der Waals surface area contributed by atoms with Crippen molar-refractivity contribution in [1.29, 1.82) is 0 Å². The van der Waals surface area contributed by atoms with E-state index < -0.39 is 6.29 Å². The average molecular weight is 516 g/mol. The van der Waals surface area contributed by atoms with Crippen LogP contribution in [0.3, 0.4) is 0 Å². The van der Waals surface area contributed by atoms with Crippen molar-refractivity contribution in [3.63, 3.8) is 0 Å². The molecule has 168 valence electrons. The van der Waals surface area contributed by atoms with Gasteiger partial charge in [-0.15, -0.1) is 8.78 Å². The van der Waals surface area contributed by atoms with Crippen LogP contribution in [0.15, 0.2) is 51.4 Å². The number of carbonyl (C=O) groups is 1. The number of rotatable bonds is 4. The monoisotopic (exact) mass is 515 g/mol. The summed E-state index contributed by atoms with van der Waals surface area (Å²) < 4.78 is 44.4. The van der Waals surface area contributed by atoms with Crippen molar-refractivity contribution in [1.82, 2.24) is 14.8 Å². The smallest absolute Gasteiger partial charge is 0.440 e. The van der Waals surface area contributed by atoms with Gasteiger partial charge in [0.1, 0.15) is 11.4 Å². The van der Waals surface area contributed by atoms with Crippen molar-refractivity contribution in [3.8, 4) is 45.3 Å². The lowest BCUT2D eigenvalue weighted by Crippen LogP contribution is -2.25. The van der Waals surface area contributed by atoms with E-state index in [1.54, 1.807) is 30.8 Å². The van der Waals surface area contributed by atoms with E-state index in [0.29, 0.717) is 39.9 Å². The molecule has 33 heavy (non-hydrogen) atoms. The number of Topliss-reactive ketones (excluding diaryl/α,β-unsaturated/α-hetero) is 1. The quantitative estimate of drug-likeness (QED) is 0.310. The first kappa shape index (κ1) is 21.3. The Bertz CT molecular complexity index is 1430. The Morgan fingerprint density at radius 1 is 1.06 bits per heavy atom. The van der Waals surface area contributed by atoms with E-state index in [0.717, 1.165) is 10.0 Å². The Hall–Kier alpha value is -3.53. The molecule has 5 rings (SSSR count). The molecule has 0 fully saturated rings. The number of ketones is 1. The second-order valence-electron chi connectivity index (χ2n) is 7.52. The number of nitrogens with zero attached hydrogens (tertiary/aromatic N) is 3. The van der Waals surface area contributed by atoms with Crippen LogP contribution in [0.4, 0.5) is 8.78 Å². The Kier molecular flexibility index (Phi) is 4.86. The summed E-state index contributed by atoms with van der Waals surface area (Å²) in [6, 6.07) is 11.8. The third-order valence-corrected chi connectivity index (χ3v) is 5.64. The van der Waals surface area contributed by atoms with Crippen molar-refractivity contribution < 1.29 is 27.5 Å². The predicted octanol–water partition coefficient (Wildman–Crippen LogP) is 6.00. The minimum atomic E-state index is -3.71. The molecule has 0 saturated carbocycles. The zero-order valence-electron chi connectivity index (χ0n) is 17.6. The molecule has 0 amide bonds. The molecule has 3 heterocycles. The van der Waals surface area contributed by atoms with Crippen LogP contribution in [-0.2, 0) is 7.05 Å². The van der Waals surface area contributed by atoms with Crippen molar-refractivity contribution in [3.05, 3.63) is 58.5 Å². The molecule has 0 aliphatic carbocycles. The Labute approximate surface area is 195 Å². The third-order valence-electron chi connectivity index (χ3n) is 5.15. The number of hydrogen-bond donors (Lipinski definition) is 0. The second-order valence-corrected chi connectivity index (χ2v) is 8.44. The van der Waals surface area contributed by atoms with Crippen LogP contribution in [0, 0.1) is 6.92 Å². The number of ether oxygens (including phenoxy) is 2. The number of carbonyl (C=O) groups excluding carboxylic acids is 1. The molecule has 7 nitrogen and oxygen atoms in total. The summed E-state index contributed by atoms with van der Waals surface area (Å²) in [5.41, 5.74) is 3.44. The van der Waals surface area contributed by atoms with Gasteiger partial charge in [-0.3, -0.25) is 9.48 Å². The molecule has 10 heteroatoms. The number of benzene rings is 2. The van der Waals surface area contributed by atoms with Crippen LogP contribution in [0.2, 0.25) is 0 Å². The van der Waals surface area contributed by atoms with Crippen molar-refractivity contribution in [2.24, 2.45) is 7.05 Å². The summed E-state index contributed by atoms with van der Waals surface area (Å²) in [7, 11) is 1.75. The lowest BCUT2D eigenvalue weighted by Gasteiger charge is -2.10. The number of aromatic nitrogens is 3. The number of oxazole rings is 1.